The number of carbonyl (C=O) groups excluding carboxylic acids is 1. The number of nitrogens with zero attached hydrogens (tertiary/aromatic N) is 1. The van der Waals surface area contributed by atoms with Gasteiger partial charge in [0, 0.05) is 18.7 Å². The van der Waals surface area contributed by atoms with Gasteiger partial charge in [-0.3, -0.25) is 4.79 Å². The SMILES string of the molecule is CC1CCN(c2ccc(C(F)(F)F)cc2NC(=O)c2ccc(F)cc2)CC1. The van der Waals surface area contributed by atoms with Crippen LogP contribution < -0.4 is 10.2 Å². The smallest absolute Gasteiger partial charge is 0.370 e. The highest BCUT2D eigenvalue weighted by Crippen LogP contribution is 2.37. The Balaban J connectivity index is 1.92. The number of carbonyl (C=O) groups is 1. The van der Waals surface area contributed by atoms with Crippen LogP contribution in [0.5, 0.6) is 0 Å². The van der Waals surface area contributed by atoms with Gasteiger partial charge in [0.25, 0.3) is 5.91 Å². The van der Waals surface area contributed by atoms with Gasteiger partial charge < -0.3 is 10.2 Å². The molecule has 3 rings (SSSR count). The van der Waals surface area contributed by atoms with Gasteiger partial charge in [0.15, 0.2) is 0 Å². The number of anilines is 2. The Bertz CT molecular complexity index is 810. The van der Waals surface area contributed by atoms with Crippen LogP contribution in [0.1, 0.15) is 35.7 Å². The molecule has 1 saturated heterocycles. The Morgan fingerprint density at radius 1 is 1.07 bits per heavy atom. The predicted octanol–water partition coefficient (Wildman–Crippen LogP) is 5.33. The van der Waals surface area contributed by atoms with E-state index in [2.05, 4.69) is 12.2 Å². The van der Waals surface area contributed by atoms with Gasteiger partial charge in [-0.2, -0.15) is 13.2 Å². The number of hydrogen-bond acceptors (Lipinski definition) is 2. The minimum absolute atomic E-state index is 0.105. The van der Waals surface area contributed by atoms with Crippen molar-refractivity contribution in [1.82, 2.24) is 0 Å². The van der Waals surface area contributed by atoms with Crippen molar-refractivity contribution in [3.63, 3.8) is 0 Å². The number of benzene rings is 2. The topological polar surface area (TPSA) is 32.3 Å². The van der Waals surface area contributed by atoms with Crippen molar-refractivity contribution in [1.29, 1.82) is 0 Å². The van der Waals surface area contributed by atoms with Gasteiger partial charge in [0.1, 0.15) is 5.82 Å². The van der Waals surface area contributed by atoms with Crippen molar-refractivity contribution in [3.05, 3.63) is 59.4 Å². The predicted molar refractivity (Wildman–Crippen MR) is 96.4 cm³/mol. The maximum absolute atomic E-state index is 13.1. The van der Waals surface area contributed by atoms with E-state index < -0.39 is 23.5 Å². The first-order valence-electron chi connectivity index (χ1n) is 8.77. The monoisotopic (exact) mass is 380 g/mol. The van der Waals surface area contributed by atoms with E-state index in [-0.39, 0.29) is 11.3 Å². The van der Waals surface area contributed by atoms with Crippen LogP contribution in [0.2, 0.25) is 0 Å². The average Bonchev–Trinajstić information content (AvgIpc) is 2.62. The summed E-state index contributed by atoms with van der Waals surface area (Å²) < 4.78 is 52.4. The van der Waals surface area contributed by atoms with E-state index in [0.29, 0.717) is 24.7 Å². The van der Waals surface area contributed by atoms with E-state index in [1.54, 1.807) is 0 Å². The molecule has 0 spiro atoms. The summed E-state index contributed by atoms with van der Waals surface area (Å²) in [4.78, 5) is 14.4. The van der Waals surface area contributed by atoms with Crippen LogP contribution in [-0.4, -0.2) is 19.0 Å². The minimum Gasteiger partial charge on any atom is -0.370 e. The number of hydrogen-bond donors (Lipinski definition) is 1. The summed E-state index contributed by atoms with van der Waals surface area (Å²) in [6, 6.07) is 8.23. The highest BCUT2D eigenvalue weighted by molar-refractivity contribution is 6.06. The van der Waals surface area contributed by atoms with Crippen molar-refractivity contribution < 1.29 is 22.4 Å². The first-order valence-corrected chi connectivity index (χ1v) is 8.77. The fraction of sp³-hybridized carbons (Fsp3) is 0.350. The molecule has 1 fully saturated rings. The third-order valence-corrected chi connectivity index (χ3v) is 4.80. The summed E-state index contributed by atoms with van der Waals surface area (Å²) in [6.45, 7) is 3.57. The maximum Gasteiger partial charge on any atom is 0.416 e. The fourth-order valence-corrected chi connectivity index (χ4v) is 3.13. The molecule has 0 atom stereocenters. The average molecular weight is 380 g/mol. The molecule has 0 aromatic heterocycles. The van der Waals surface area contributed by atoms with Crippen LogP contribution >= 0.6 is 0 Å². The number of rotatable bonds is 3. The van der Waals surface area contributed by atoms with E-state index in [1.165, 1.54) is 18.2 Å². The van der Waals surface area contributed by atoms with Crippen molar-refractivity contribution in [2.75, 3.05) is 23.3 Å². The fourth-order valence-electron chi connectivity index (χ4n) is 3.13. The molecule has 1 amide bonds. The second-order valence-electron chi connectivity index (χ2n) is 6.86. The van der Waals surface area contributed by atoms with Gasteiger partial charge in [0.05, 0.1) is 16.9 Å². The second kappa shape index (κ2) is 7.58. The molecule has 1 N–H and O–H groups in total. The largest absolute Gasteiger partial charge is 0.416 e. The summed E-state index contributed by atoms with van der Waals surface area (Å²) in [7, 11) is 0. The van der Waals surface area contributed by atoms with Gasteiger partial charge in [0.2, 0.25) is 0 Å². The summed E-state index contributed by atoms with van der Waals surface area (Å²) in [6.07, 6.45) is -2.64. The lowest BCUT2D eigenvalue weighted by Crippen LogP contribution is -2.33. The van der Waals surface area contributed by atoms with Crippen LogP contribution in [0.3, 0.4) is 0 Å². The number of halogens is 4. The van der Waals surface area contributed by atoms with Crippen LogP contribution in [0.25, 0.3) is 0 Å². The van der Waals surface area contributed by atoms with Crippen LogP contribution in [0.15, 0.2) is 42.5 Å². The van der Waals surface area contributed by atoms with Crippen LogP contribution in [-0.2, 0) is 6.18 Å². The Morgan fingerprint density at radius 3 is 2.30 bits per heavy atom. The first kappa shape index (κ1) is 19.2. The standard InChI is InChI=1S/C20H20F4N2O/c1-13-8-10-26(11-9-13)18-7-4-15(20(22,23)24)12-17(18)25-19(27)14-2-5-16(21)6-3-14/h2-7,12-13H,8-11H2,1H3,(H,25,27). The highest BCUT2D eigenvalue weighted by atomic mass is 19.4. The Morgan fingerprint density at radius 2 is 1.70 bits per heavy atom. The number of nitrogens with one attached hydrogen (secondary N) is 1. The van der Waals surface area contributed by atoms with Gasteiger partial charge in [-0.1, -0.05) is 6.92 Å². The quantitative estimate of drug-likeness (QED) is 0.730. The summed E-state index contributed by atoms with van der Waals surface area (Å²) in [5.41, 5.74) is 0.0112. The maximum atomic E-state index is 13.1. The molecule has 2 aromatic rings. The van der Waals surface area contributed by atoms with Crippen molar-refractivity contribution in [3.8, 4) is 0 Å². The van der Waals surface area contributed by atoms with Crippen molar-refractivity contribution in [2.45, 2.75) is 25.9 Å². The number of amides is 1. The molecule has 0 saturated carbocycles. The molecule has 1 aliphatic heterocycles. The molecule has 2 aromatic carbocycles. The molecule has 144 valence electrons. The van der Waals surface area contributed by atoms with Gasteiger partial charge in [-0.25, -0.2) is 4.39 Å². The Hall–Kier alpha value is -2.57. The van der Waals surface area contributed by atoms with Gasteiger partial charge in [-0.15, -0.1) is 0 Å². The van der Waals surface area contributed by atoms with E-state index in [9.17, 15) is 22.4 Å². The van der Waals surface area contributed by atoms with Gasteiger partial charge >= 0.3 is 6.18 Å². The zero-order chi connectivity index (χ0) is 19.6. The van der Waals surface area contributed by atoms with E-state index in [4.69, 9.17) is 0 Å². The molecule has 27 heavy (non-hydrogen) atoms. The molecule has 1 aliphatic rings. The van der Waals surface area contributed by atoms with Crippen LogP contribution in [0, 0.1) is 11.7 Å². The summed E-state index contributed by atoms with van der Waals surface area (Å²) in [5, 5.41) is 2.56. The molecule has 3 nitrogen and oxygen atoms in total. The van der Waals surface area contributed by atoms with Crippen LogP contribution in [0.4, 0.5) is 28.9 Å². The third-order valence-electron chi connectivity index (χ3n) is 4.80. The Labute approximate surface area is 155 Å². The zero-order valence-corrected chi connectivity index (χ0v) is 14.8. The lowest BCUT2D eigenvalue weighted by molar-refractivity contribution is -0.137. The van der Waals surface area contributed by atoms with Crippen molar-refractivity contribution in [2.24, 2.45) is 5.92 Å². The highest BCUT2D eigenvalue weighted by Gasteiger charge is 2.32. The lowest BCUT2D eigenvalue weighted by Gasteiger charge is -2.33. The molecular formula is C20H20F4N2O. The van der Waals surface area contributed by atoms with Gasteiger partial charge in [-0.05, 0) is 61.2 Å². The summed E-state index contributed by atoms with van der Waals surface area (Å²) >= 11 is 0. The molecule has 0 radical (unpaired) electrons. The normalized spacial score (nSPS) is 15.7. The molecule has 0 bridgehead atoms. The lowest BCUT2D eigenvalue weighted by atomic mass is 9.98. The second-order valence-corrected chi connectivity index (χ2v) is 6.86. The van der Waals surface area contributed by atoms with E-state index >= 15 is 0 Å². The summed E-state index contributed by atoms with van der Waals surface area (Å²) in [5.74, 6) is -0.511. The van der Waals surface area contributed by atoms with Crippen molar-refractivity contribution >= 4 is 17.3 Å². The van der Waals surface area contributed by atoms with E-state index in [1.807, 2.05) is 4.90 Å². The Kier molecular flexibility index (Phi) is 5.39. The molecule has 0 aliphatic carbocycles. The third kappa shape index (κ3) is 4.59. The molecular weight excluding hydrogens is 360 g/mol. The first-order chi connectivity index (χ1) is 12.7. The molecule has 0 unspecified atom stereocenters. The number of piperidine rings is 1. The minimum atomic E-state index is -4.51. The molecule has 1 heterocycles. The number of alkyl halides is 3. The zero-order valence-electron chi connectivity index (χ0n) is 14.8. The van der Waals surface area contributed by atoms with E-state index in [0.717, 1.165) is 37.1 Å². The molecule has 7 heteroatoms.